The Morgan fingerprint density at radius 1 is 1.28 bits per heavy atom. The molecule has 0 aliphatic carbocycles. The molecular weight excluding hydrogens is 228 g/mol. The van der Waals surface area contributed by atoms with Crippen LogP contribution in [0.25, 0.3) is 22.5 Å². The quantitative estimate of drug-likeness (QED) is 0.759. The van der Waals surface area contributed by atoms with Crippen LogP contribution in [-0.4, -0.2) is 21.3 Å². The largest absolute Gasteiger partial charge is 0.419 e. The SMILES string of the molecule is Cn1c(-c2nnc(CCN)o2)cc2ccccc21. The number of hydrogen-bond donors (Lipinski definition) is 1. The summed E-state index contributed by atoms with van der Waals surface area (Å²) in [6.45, 7) is 0.511. The van der Waals surface area contributed by atoms with Crippen LogP contribution in [0.5, 0.6) is 0 Å². The van der Waals surface area contributed by atoms with Crippen LogP contribution in [0, 0.1) is 0 Å². The summed E-state index contributed by atoms with van der Waals surface area (Å²) in [6.07, 6.45) is 0.608. The molecule has 3 aromatic rings. The molecule has 0 aliphatic rings. The van der Waals surface area contributed by atoms with Gasteiger partial charge in [0, 0.05) is 30.9 Å². The molecule has 3 rings (SSSR count). The zero-order chi connectivity index (χ0) is 12.5. The Hall–Kier alpha value is -2.14. The van der Waals surface area contributed by atoms with Crippen molar-refractivity contribution in [1.29, 1.82) is 0 Å². The van der Waals surface area contributed by atoms with Gasteiger partial charge in [0.1, 0.15) is 5.69 Å². The molecule has 0 amide bonds. The fraction of sp³-hybridized carbons (Fsp3) is 0.231. The summed E-state index contributed by atoms with van der Waals surface area (Å²) >= 11 is 0. The zero-order valence-electron chi connectivity index (χ0n) is 10.1. The highest BCUT2D eigenvalue weighted by Gasteiger charge is 2.13. The number of hydrogen-bond acceptors (Lipinski definition) is 4. The van der Waals surface area contributed by atoms with Crippen molar-refractivity contribution in [3.05, 3.63) is 36.2 Å². The molecule has 0 saturated heterocycles. The van der Waals surface area contributed by atoms with Crippen LogP contribution < -0.4 is 5.73 Å². The van der Waals surface area contributed by atoms with Gasteiger partial charge in [-0.25, -0.2) is 0 Å². The van der Waals surface area contributed by atoms with Gasteiger partial charge >= 0.3 is 0 Å². The number of rotatable bonds is 3. The second-order valence-corrected chi connectivity index (χ2v) is 4.19. The summed E-state index contributed by atoms with van der Waals surface area (Å²) in [5.74, 6) is 1.12. The van der Waals surface area contributed by atoms with Gasteiger partial charge in [0.2, 0.25) is 5.89 Å². The lowest BCUT2D eigenvalue weighted by Gasteiger charge is -1.98. The fourth-order valence-corrected chi connectivity index (χ4v) is 2.08. The molecule has 0 spiro atoms. The molecule has 0 radical (unpaired) electrons. The number of fused-ring (bicyclic) bond motifs is 1. The Morgan fingerprint density at radius 3 is 2.89 bits per heavy atom. The molecular formula is C13H14N4O. The van der Waals surface area contributed by atoms with E-state index in [-0.39, 0.29) is 0 Å². The van der Waals surface area contributed by atoms with E-state index in [1.54, 1.807) is 0 Å². The zero-order valence-corrected chi connectivity index (χ0v) is 10.1. The molecule has 0 unspecified atom stereocenters. The minimum atomic E-state index is 0.511. The van der Waals surface area contributed by atoms with Gasteiger partial charge in [-0.1, -0.05) is 18.2 Å². The normalized spacial score (nSPS) is 11.2. The van der Waals surface area contributed by atoms with Crippen LogP contribution in [0.1, 0.15) is 5.89 Å². The van der Waals surface area contributed by atoms with Crippen molar-refractivity contribution < 1.29 is 4.42 Å². The molecule has 0 bridgehead atoms. The summed E-state index contributed by atoms with van der Waals surface area (Å²) in [4.78, 5) is 0. The molecule has 5 heteroatoms. The number of nitrogens with two attached hydrogens (primary N) is 1. The predicted molar refractivity (Wildman–Crippen MR) is 69.0 cm³/mol. The first-order valence-corrected chi connectivity index (χ1v) is 5.87. The molecule has 92 valence electrons. The van der Waals surface area contributed by atoms with Gasteiger partial charge < -0.3 is 14.7 Å². The molecule has 0 fully saturated rings. The summed E-state index contributed by atoms with van der Waals surface area (Å²) < 4.78 is 7.65. The average Bonchev–Trinajstić information content (AvgIpc) is 2.96. The van der Waals surface area contributed by atoms with Crippen LogP contribution in [0.2, 0.25) is 0 Å². The van der Waals surface area contributed by atoms with Crippen molar-refractivity contribution in [2.45, 2.75) is 6.42 Å². The fourth-order valence-electron chi connectivity index (χ4n) is 2.08. The highest BCUT2D eigenvalue weighted by atomic mass is 16.4. The second kappa shape index (κ2) is 4.27. The Labute approximate surface area is 104 Å². The number of aryl methyl sites for hydroxylation is 1. The lowest BCUT2D eigenvalue weighted by atomic mass is 10.2. The third-order valence-corrected chi connectivity index (χ3v) is 3.00. The standard InChI is InChI=1S/C13H14N4O/c1-17-10-5-3-2-4-9(10)8-11(17)13-16-15-12(18-13)6-7-14/h2-5,8H,6-7,14H2,1H3. The lowest BCUT2D eigenvalue weighted by Crippen LogP contribution is -2.02. The van der Waals surface area contributed by atoms with E-state index in [0.29, 0.717) is 24.7 Å². The van der Waals surface area contributed by atoms with E-state index in [9.17, 15) is 0 Å². The first kappa shape index (κ1) is 11.0. The Balaban J connectivity index is 2.10. The van der Waals surface area contributed by atoms with E-state index in [1.807, 2.05) is 19.2 Å². The van der Waals surface area contributed by atoms with Crippen molar-refractivity contribution >= 4 is 10.9 Å². The smallest absolute Gasteiger partial charge is 0.264 e. The van der Waals surface area contributed by atoms with Crippen LogP contribution >= 0.6 is 0 Å². The van der Waals surface area contributed by atoms with Gasteiger partial charge in [-0.3, -0.25) is 0 Å². The maximum absolute atomic E-state index is 5.60. The van der Waals surface area contributed by atoms with E-state index in [2.05, 4.69) is 33.0 Å². The molecule has 0 atom stereocenters. The summed E-state index contributed by atoms with van der Waals surface area (Å²) in [7, 11) is 1.99. The predicted octanol–water partition coefficient (Wildman–Crippen LogP) is 1.73. The number of aromatic nitrogens is 3. The monoisotopic (exact) mass is 242 g/mol. The first-order chi connectivity index (χ1) is 8.79. The van der Waals surface area contributed by atoms with E-state index < -0.39 is 0 Å². The van der Waals surface area contributed by atoms with E-state index >= 15 is 0 Å². The van der Waals surface area contributed by atoms with Gasteiger partial charge in [-0.05, 0) is 12.1 Å². The topological polar surface area (TPSA) is 69.9 Å². The van der Waals surface area contributed by atoms with E-state index in [4.69, 9.17) is 10.2 Å². The maximum Gasteiger partial charge on any atom is 0.264 e. The highest BCUT2D eigenvalue weighted by Crippen LogP contribution is 2.26. The van der Waals surface area contributed by atoms with Crippen molar-refractivity contribution in [1.82, 2.24) is 14.8 Å². The van der Waals surface area contributed by atoms with Gasteiger partial charge in [-0.2, -0.15) is 0 Å². The van der Waals surface area contributed by atoms with Crippen molar-refractivity contribution in [3.8, 4) is 11.6 Å². The second-order valence-electron chi connectivity index (χ2n) is 4.19. The first-order valence-electron chi connectivity index (χ1n) is 5.87. The van der Waals surface area contributed by atoms with Crippen molar-refractivity contribution in [2.24, 2.45) is 12.8 Å². The van der Waals surface area contributed by atoms with Crippen LogP contribution in [0.15, 0.2) is 34.7 Å². The maximum atomic E-state index is 5.60. The van der Waals surface area contributed by atoms with E-state index in [1.165, 1.54) is 0 Å². The minimum absolute atomic E-state index is 0.511. The average molecular weight is 242 g/mol. The van der Waals surface area contributed by atoms with Crippen LogP contribution in [-0.2, 0) is 13.5 Å². The Bertz CT molecular complexity index is 683. The number of benzene rings is 1. The van der Waals surface area contributed by atoms with Crippen LogP contribution in [0.4, 0.5) is 0 Å². The van der Waals surface area contributed by atoms with Gasteiger partial charge in [0.15, 0.2) is 0 Å². The summed E-state index contributed by atoms with van der Waals surface area (Å²) in [5, 5.41) is 9.21. The summed E-state index contributed by atoms with van der Waals surface area (Å²) in [6, 6.07) is 10.2. The molecule has 2 heterocycles. The van der Waals surface area contributed by atoms with Gasteiger partial charge in [-0.15, -0.1) is 10.2 Å². The molecule has 5 nitrogen and oxygen atoms in total. The van der Waals surface area contributed by atoms with E-state index in [0.717, 1.165) is 16.6 Å². The Morgan fingerprint density at radius 2 is 2.11 bits per heavy atom. The molecule has 0 aliphatic heterocycles. The molecule has 18 heavy (non-hydrogen) atoms. The molecule has 2 N–H and O–H groups in total. The number of nitrogens with zero attached hydrogens (tertiary/aromatic N) is 3. The lowest BCUT2D eigenvalue weighted by molar-refractivity contribution is 0.504. The number of para-hydroxylation sites is 1. The third-order valence-electron chi connectivity index (χ3n) is 3.00. The third kappa shape index (κ3) is 1.69. The van der Waals surface area contributed by atoms with Crippen molar-refractivity contribution in [3.63, 3.8) is 0 Å². The minimum Gasteiger partial charge on any atom is -0.419 e. The van der Waals surface area contributed by atoms with Crippen LogP contribution in [0.3, 0.4) is 0 Å². The highest BCUT2D eigenvalue weighted by molar-refractivity contribution is 5.85. The molecule has 1 aromatic carbocycles. The van der Waals surface area contributed by atoms with Gasteiger partial charge in [0.25, 0.3) is 5.89 Å². The molecule has 0 saturated carbocycles. The summed E-state index contributed by atoms with van der Waals surface area (Å²) in [5.41, 5.74) is 7.53. The van der Waals surface area contributed by atoms with Gasteiger partial charge in [0.05, 0.1) is 0 Å². The molecule has 2 aromatic heterocycles. The Kier molecular flexibility index (Phi) is 2.60. The van der Waals surface area contributed by atoms with Crippen molar-refractivity contribution in [2.75, 3.05) is 6.54 Å².